The van der Waals surface area contributed by atoms with E-state index in [1.165, 1.54) is 24.3 Å². The van der Waals surface area contributed by atoms with Crippen LogP contribution in [0.25, 0.3) is 0 Å². The molecule has 0 atom stereocenters. The number of piperidine rings is 1. The van der Waals surface area contributed by atoms with Gasteiger partial charge in [0.25, 0.3) is 0 Å². The summed E-state index contributed by atoms with van der Waals surface area (Å²) in [5.41, 5.74) is 1.08. The van der Waals surface area contributed by atoms with Gasteiger partial charge in [-0.25, -0.2) is 9.78 Å². The van der Waals surface area contributed by atoms with Crippen molar-refractivity contribution in [2.45, 2.75) is 53.5 Å². The molecular formula is C18H29N3O2S. The first-order valence-electron chi connectivity index (χ1n) is 8.41. The second kappa shape index (κ2) is 10.2. The van der Waals surface area contributed by atoms with Crippen molar-refractivity contribution in [1.82, 2.24) is 14.8 Å². The van der Waals surface area contributed by atoms with E-state index in [2.05, 4.69) is 11.9 Å². The van der Waals surface area contributed by atoms with E-state index in [4.69, 9.17) is 0 Å². The van der Waals surface area contributed by atoms with Gasteiger partial charge < -0.3 is 9.80 Å². The van der Waals surface area contributed by atoms with Crippen LogP contribution in [0.2, 0.25) is 0 Å². The van der Waals surface area contributed by atoms with Gasteiger partial charge in [-0.05, 0) is 53.0 Å². The van der Waals surface area contributed by atoms with Crippen LogP contribution in [0.4, 0.5) is 4.79 Å². The number of aryl methyl sites for hydroxylation is 2. The van der Waals surface area contributed by atoms with Gasteiger partial charge in [-0.1, -0.05) is 6.08 Å². The Labute approximate surface area is 149 Å². The quantitative estimate of drug-likeness (QED) is 0.775. The van der Waals surface area contributed by atoms with Crippen molar-refractivity contribution in [3.8, 4) is 0 Å². The fourth-order valence-corrected chi connectivity index (χ4v) is 3.43. The van der Waals surface area contributed by atoms with E-state index in [-0.39, 0.29) is 11.8 Å². The summed E-state index contributed by atoms with van der Waals surface area (Å²) in [6.07, 6.45) is 6.77. The van der Waals surface area contributed by atoms with E-state index in [9.17, 15) is 9.59 Å². The number of likely N-dealkylation sites (tertiary alicyclic amines) is 1. The lowest BCUT2D eigenvalue weighted by molar-refractivity contribution is -0.112. The second-order valence-corrected chi connectivity index (χ2v) is 7.33. The molecule has 0 saturated carbocycles. The Morgan fingerprint density at radius 2 is 1.88 bits per heavy atom. The van der Waals surface area contributed by atoms with Crippen LogP contribution in [0.15, 0.2) is 12.2 Å². The van der Waals surface area contributed by atoms with Crippen LogP contribution >= 0.6 is 11.3 Å². The van der Waals surface area contributed by atoms with Crippen molar-refractivity contribution in [3.05, 3.63) is 27.7 Å². The number of amides is 2. The lowest BCUT2D eigenvalue weighted by Crippen LogP contribution is -2.43. The topological polar surface area (TPSA) is 53.5 Å². The van der Waals surface area contributed by atoms with Crippen LogP contribution in [0.3, 0.4) is 0 Å². The Balaban J connectivity index is 0.000000413. The molecule has 1 aliphatic heterocycles. The molecule has 2 amide bonds. The molecule has 2 rings (SSSR count). The normalized spacial score (nSPS) is 14.3. The molecule has 0 aliphatic carbocycles. The number of carbonyl (C=O) groups is 2. The number of aromatic nitrogens is 1. The zero-order chi connectivity index (χ0) is 18.1. The summed E-state index contributed by atoms with van der Waals surface area (Å²) in [6, 6.07) is 0.139. The first-order chi connectivity index (χ1) is 11.3. The molecule has 1 saturated heterocycles. The van der Waals surface area contributed by atoms with Crippen LogP contribution in [0.5, 0.6) is 0 Å². The van der Waals surface area contributed by atoms with Crippen LogP contribution in [0, 0.1) is 13.8 Å². The number of rotatable bonds is 3. The first kappa shape index (κ1) is 20.4. The fourth-order valence-electron chi connectivity index (χ4n) is 2.44. The molecule has 1 aromatic heterocycles. The predicted molar refractivity (Wildman–Crippen MR) is 99.4 cm³/mol. The van der Waals surface area contributed by atoms with Crippen molar-refractivity contribution < 1.29 is 9.59 Å². The van der Waals surface area contributed by atoms with Crippen molar-refractivity contribution in [3.63, 3.8) is 0 Å². The highest BCUT2D eigenvalue weighted by Crippen LogP contribution is 2.18. The molecule has 0 unspecified atom stereocenters. The monoisotopic (exact) mass is 351 g/mol. The number of hydrogen-bond acceptors (Lipinski definition) is 4. The molecule has 1 fully saturated rings. The average molecular weight is 352 g/mol. The highest BCUT2D eigenvalue weighted by molar-refractivity contribution is 7.11. The highest BCUT2D eigenvalue weighted by atomic mass is 32.1. The standard InChI is InChI=1S/C13H21N3OS.C5H8O/c1-10-11(2)18-12(14-10)9-15(3)13(17)16-7-5-4-6-8-16;1-3-4-5(2)6/h4-9H2,1-3H3;3-4H,1-2H3. The molecule has 1 aliphatic rings. The third-order valence-electron chi connectivity index (χ3n) is 3.80. The predicted octanol–water partition coefficient (Wildman–Crippen LogP) is 3.95. The minimum atomic E-state index is 0.109. The Morgan fingerprint density at radius 1 is 1.25 bits per heavy atom. The van der Waals surface area contributed by atoms with Crippen molar-refractivity contribution in [2.24, 2.45) is 0 Å². The summed E-state index contributed by atoms with van der Waals surface area (Å²) in [5, 5.41) is 1.03. The number of ketones is 1. The van der Waals surface area contributed by atoms with Gasteiger partial charge >= 0.3 is 6.03 Å². The van der Waals surface area contributed by atoms with E-state index in [1.54, 1.807) is 22.3 Å². The van der Waals surface area contributed by atoms with E-state index < -0.39 is 0 Å². The van der Waals surface area contributed by atoms with Crippen LogP contribution in [-0.4, -0.2) is 46.7 Å². The number of hydrogen-bond donors (Lipinski definition) is 0. The van der Waals surface area contributed by atoms with Gasteiger partial charge in [0.1, 0.15) is 5.01 Å². The minimum Gasteiger partial charge on any atom is -0.325 e. The lowest BCUT2D eigenvalue weighted by Gasteiger charge is -2.30. The van der Waals surface area contributed by atoms with Gasteiger partial charge in [0.2, 0.25) is 0 Å². The van der Waals surface area contributed by atoms with Gasteiger partial charge in [0.05, 0.1) is 12.2 Å². The van der Waals surface area contributed by atoms with Gasteiger partial charge in [-0.2, -0.15) is 0 Å². The number of urea groups is 1. The molecule has 0 bridgehead atoms. The van der Waals surface area contributed by atoms with Gasteiger partial charge in [0.15, 0.2) is 5.78 Å². The molecule has 0 aromatic carbocycles. The molecule has 0 radical (unpaired) electrons. The number of nitrogens with zero attached hydrogens (tertiary/aromatic N) is 3. The Hall–Kier alpha value is -1.69. The number of thiazole rings is 1. The van der Waals surface area contributed by atoms with Gasteiger partial charge in [-0.15, -0.1) is 11.3 Å². The molecule has 0 N–H and O–H groups in total. The third-order valence-corrected chi connectivity index (χ3v) is 4.86. The smallest absolute Gasteiger partial charge is 0.320 e. The summed E-state index contributed by atoms with van der Waals surface area (Å²) in [7, 11) is 1.86. The van der Waals surface area contributed by atoms with Gasteiger partial charge in [0, 0.05) is 25.0 Å². The molecule has 134 valence electrons. The van der Waals surface area contributed by atoms with E-state index in [1.807, 2.05) is 25.8 Å². The molecule has 2 heterocycles. The van der Waals surface area contributed by atoms with Crippen LogP contribution in [-0.2, 0) is 11.3 Å². The molecule has 6 heteroatoms. The summed E-state index contributed by atoms with van der Waals surface area (Å²) in [6.45, 7) is 9.86. The van der Waals surface area contributed by atoms with E-state index >= 15 is 0 Å². The van der Waals surface area contributed by atoms with Crippen LogP contribution < -0.4 is 0 Å². The summed E-state index contributed by atoms with van der Waals surface area (Å²) < 4.78 is 0. The zero-order valence-corrected chi connectivity index (χ0v) is 16.3. The molecule has 24 heavy (non-hydrogen) atoms. The Morgan fingerprint density at radius 3 is 2.29 bits per heavy atom. The number of allylic oxidation sites excluding steroid dienone is 2. The highest BCUT2D eigenvalue weighted by Gasteiger charge is 2.20. The Bertz CT molecular complexity index is 555. The first-order valence-corrected chi connectivity index (χ1v) is 9.23. The summed E-state index contributed by atoms with van der Waals surface area (Å²) in [5.74, 6) is 0.109. The van der Waals surface area contributed by atoms with Crippen LogP contribution in [0.1, 0.15) is 48.7 Å². The van der Waals surface area contributed by atoms with Gasteiger partial charge in [-0.3, -0.25) is 4.79 Å². The lowest BCUT2D eigenvalue weighted by atomic mass is 10.1. The third kappa shape index (κ3) is 6.83. The minimum absolute atomic E-state index is 0.109. The average Bonchev–Trinajstić information content (AvgIpc) is 2.85. The van der Waals surface area contributed by atoms with E-state index in [0.29, 0.717) is 6.54 Å². The maximum atomic E-state index is 12.2. The maximum absolute atomic E-state index is 12.2. The summed E-state index contributed by atoms with van der Waals surface area (Å²) in [4.78, 5) is 31.6. The SMILES string of the molecule is CC=CC(C)=O.Cc1nc(CN(C)C(=O)N2CCCCC2)sc1C. The zero-order valence-electron chi connectivity index (χ0n) is 15.5. The molecule has 1 aromatic rings. The van der Waals surface area contributed by atoms with Crippen molar-refractivity contribution in [1.29, 1.82) is 0 Å². The fraction of sp³-hybridized carbons (Fsp3) is 0.611. The largest absolute Gasteiger partial charge is 0.325 e. The van der Waals surface area contributed by atoms with Crippen molar-refractivity contribution >= 4 is 23.2 Å². The molecule has 0 spiro atoms. The maximum Gasteiger partial charge on any atom is 0.320 e. The summed E-state index contributed by atoms with van der Waals surface area (Å²) >= 11 is 1.68. The second-order valence-electron chi connectivity index (χ2n) is 6.05. The molecular weight excluding hydrogens is 322 g/mol. The molecule has 5 nitrogen and oxygen atoms in total. The Kier molecular flexibility index (Phi) is 8.68. The van der Waals surface area contributed by atoms with Crippen molar-refractivity contribution in [2.75, 3.05) is 20.1 Å². The number of carbonyl (C=O) groups excluding carboxylic acids is 2. The van der Waals surface area contributed by atoms with E-state index in [0.717, 1.165) is 36.6 Å².